The molecule has 1 saturated carbocycles. The van der Waals surface area contributed by atoms with Crippen molar-refractivity contribution in [3.05, 3.63) is 33.7 Å². The van der Waals surface area contributed by atoms with E-state index in [9.17, 15) is 14.7 Å². The Balaban J connectivity index is 1.93. The third-order valence-electron chi connectivity index (χ3n) is 5.02. The van der Waals surface area contributed by atoms with E-state index in [0.29, 0.717) is 24.5 Å². The molecule has 0 saturated heterocycles. The minimum Gasteiger partial charge on any atom is -0.388 e. The van der Waals surface area contributed by atoms with Gasteiger partial charge in [0.25, 0.3) is 11.5 Å². The molecule has 23 heavy (non-hydrogen) atoms. The third-order valence-corrected chi connectivity index (χ3v) is 5.02. The summed E-state index contributed by atoms with van der Waals surface area (Å²) in [4.78, 5) is 26.5. The number of pyridine rings is 1. The number of nitrogens with one attached hydrogen (secondary N) is 2. The molecular weight excluding hydrogens is 292 g/mol. The molecule has 2 rings (SSSR count). The Morgan fingerprint density at radius 3 is 2.48 bits per heavy atom. The number of rotatable bonds is 3. The molecule has 1 aliphatic carbocycles. The van der Waals surface area contributed by atoms with Gasteiger partial charge in [-0.2, -0.15) is 0 Å². The molecule has 3 N–H and O–H groups in total. The fraction of sp³-hybridized carbons (Fsp3) is 0.667. The van der Waals surface area contributed by atoms with Crippen LogP contribution in [0.4, 0.5) is 0 Å². The lowest BCUT2D eigenvalue weighted by molar-refractivity contribution is -0.0228. The highest BCUT2D eigenvalue weighted by atomic mass is 16.3. The van der Waals surface area contributed by atoms with Crippen molar-refractivity contribution in [1.29, 1.82) is 0 Å². The van der Waals surface area contributed by atoms with E-state index in [4.69, 9.17) is 0 Å². The molecule has 0 aliphatic heterocycles. The van der Waals surface area contributed by atoms with E-state index in [0.717, 1.165) is 12.8 Å². The fourth-order valence-corrected chi connectivity index (χ4v) is 3.29. The Morgan fingerprint density at radius 1 is 1.35 bits per heavy atom. The highest BCUT2D eigenvalue weighted by molar-refractivity contribution is 5.93. The zero-order valence-corrected chi connectivity index (χ0v) is 14.5. The first-order valence-corrected chi connectivity index (χ1v) is 8.31. The average Bonchev–Trinajstić information content (AvgIpc) is 2.44. The topological polar surface area (TPSA) is 82.2 Å². The van der Waals surface area contributed by atoms with Crippen LogP contribution in [0.25, 0.3) is 0 Å². The Hall–Kier alpha value is -1.62. The van der Waals surface area contributed by atoms with Crippen molar-refractivity contribution in [2.45, 2.75) is 59.0 Å². The predicted octanol–water partition coefficient (Wildman–Crippen LogP) is 2.38. The maximum Gasteiger partial charge on any atom is 0.260 e. The first kappa shape index (κ1) is 17.7. The summed E-state index contributed by atoms with van der Waals surface area (Å²) in [6.07, 6.45) is 3.28. The number of aryl methyl sites for hydroxylation is 1. The lowest BCUT2D eigenvalue weighted by Crippen LogP contribution is -2.47. The molecule has 0 unspecified atom stereocenters. The van der Waals surface area contributed by atoms with Crippen molar-refractivity contribution in [2.75, 3.05) is 6.54 Å². The predicted molar refractivity (Wildman–Crippen MR) is 90.5 cm³/mol. The summed E-state index contributed by atoms with van der Waals surface area (Å²) < 4.78 is 0. The second kappa shape index (κ2) is 6.48. The van der Waals surface area contributed by atoms with Crippen LogP contribution < -0.4 is 10.9 Å². The van der Waals surface area contributed by atoms with Crippen molar-refractivity contribution in [3.63, 3.8) is 0 Å². The standard InChI is InChI=1S/C18H28N2O3/c1-12-5-6-14(16(22)20-12)15(21)19-11-18(23)9-7-13(8-10-18)17(2,3)4/h5-6,13,23H,7-11H2,1-4H3,(H,19,21)(H,20,22). The van der Waals surface area contributed by atoms with E-state index < -0.39 is 17.1 Å². The molecule has 0 spiro atoms. The first-order valence-electron chi connectivity index (χ1n) is 8.31. The van der Waals surface area contributed by atoms with Crippen LogP contribution in [0.1, 0.15) is 62.5 Å². The summed E-state index contributed by atoms with van der Waals surface area (Å²) in [6, 6.07) is 3.21. The number of aromatic nitrogens is 1. The lowest BCUT2D eigenvalue weighted by atomic mass is 9.68. The molecule has 1 heterocycles. The van der Waals surface area contributed by atoms with Gasteiger partial charge in [0, 0.05) is 12.2 Å². The Bertz CT molecular complexity index is 620. The summed E-state index contributed by atoms with van der Waals surface area (Å²) >= 11 is 0. The monoisotopic (exact) mass is 320 g/mol. The molecule has 128 valence electrons. The van der Waals surface area contributed by atoms with Crippen LogP contribution in [0.3, 0.4) is 0 Å². The number of aliphatic hydroxyl groups is 1. The maximum atomic E-state index is 12.1. The Kier molecular flexibility index (Phi) is 4.99. The van der Waals surface area contributed by atoms with Gasteiger partial charge in [0.2, 0.25) is 0 Å². The molecule has 0 bridgehead atoms. The van der Waals surface area contributed by atoms with Gasteiger partial charge in [-0.1, -0.05) is 20.8 Å². The van der Waals surface area contributed by atoms with Crippen molar-refractivity contribution < 1.29 is 9.90 Å². The Labute approximate surface area is 137 Å². The molecule has 1 amide bonds. The normalized spacial score (nSPS) is 25.2. The van der Waals surface area contributed by atoms with Gasteiger partial charge in [-0.15, -0.1) is 0 Å². The second-order valence-corrected chi connectivity index (χ2v) is 7.93. The lowest BCUT2D eigenvalue weighted by Gasteiger charge is -2.41. The number of carbonyl (C=O) groups is 1. The van der Waals surface area contributed by atoms with Crippen molar-refractivity contribution >= 4 is 5.91 Å². The van der Waals surface area contributed by atoms with Gasteiger partial charge in [0.05, 0.1) is 5.60 Å². The fourth-order valence-electron chi connectivity index (χ4n) is 3.29. The third kappa shape index (κ3) is 4.44. The van der Waals surface area contributed by atoms with E-state index in [-0.39, 0.29) is 17.5 Å². The number of carbonyl (C=O) groups excluding carboxylic acids is 1. The Morgan fingerprint density at radius 2 is 1.96 bits per heavy atom. The molecule has 1 aliphatic rings. The van der Waals surface area contributed by atoms with Gasteiger partial charge in [-0.3, -0.25) is 9.59 Å². The zero-order chi connectivity index (χ0) is 17.3. The van der Waals surface area contributed by atoms with Crippen LogP contribution in [-0.2, 0) is 0 Å². The maximum absolute atomic E-state index is 12.1. The van der Waals surface area contributed by atoms with Crippen LogP contribution in [0.5, 0.6) is 0 Å². The van der Waals surface area contributed by atoms with E-state index in [2.05, 4.69) is 31.1 Å². The SMILES string of the molecule is Cc1ccc(C(=O)NCC2(O)CCC(C(C)(C)C)CC2)c(=O)[nH]1. The first-order chi connectivity index (χ1) is 10.6. The summed E-state index contributed by atoms with van der Waals surface area (Å²) in [6.45, 7) is 8.64. The highest BCUT2D eigenvalue weighted by Crippen LogP contribution is 2.41. The zero-order valence-electron chi connectivity index (χ0n) is 14.5. The number of hydrogen-bond donors (Lipinski definition) is 3. The molecule has 1 aromatic rings. The van der Waals surface area contributed by atoms with E-state index in [1.54, 1.807) is 13.0 Å². The second-order valence-electron chi connectivity index (χ2n) is 7.93. The van der Waals surface area contributed by atoms with Gasteiger partial charge in [-0.05, 0) is 56.1 Å². The molecule has 1 aromatic heterocycles. The van der Waals surface area contributed by atoms with Crippen LogP contribution >= 0.6 is 0 Å². The van der Waals surface area contributed by atoms with Crippen LogP contribution in [0, 0.1) is 18.3 Å². The molecule has 5 nitrogen and oxygen atoms in total. The highest BCUT2D eigenvalue weighted by Gasteiger charge is 2.37. The number of hydrogen-bond acceptors (Lipinski definition) is 3. The molecule has 0 radical (unpaired) electrons. The quantitative estimate of drug-likeness (QED) is 0.799. The van der Waals surface area contributed by atoms with Gasteiger partial charge in [-0.25, -0.2) is 0 Å². The molecule has 1 fully saturated rings. The average molecular weight is 320 g/mol. The largest absolute Gasteiger partial charge is 0.388 e. The molecular formula is C18H28N2O3. The minimum absolute atomic E-state index is 0.0857. The molecule has 5 heteroatoms. The van der Waals surface area contributed by atoms with Crippen LogP contribution in [0.15, 0.2) is 16.9 Å². The summed E-state index contributed by atoms with van der Waals surface area (Å²) in [5, 5.41) is 13.4. The van der Waals surface area contributed by atoms with Crippen LogP contribution in [-0.4, -0.2) is 28.1 Å². The van der Waals surface area contributed by atoms with Gasteiger partial charge in [0.15, 0.2) is 0 Å². The van der Waals surface area contributed by atoms with Crippen molar-refractivity contribution in [1.82, 2.24) is 10.3 Å². The summed E-state index contributed by atoms with van der Waals surface area (Å²) in [7, 11) is 0. The van der Waals surface area contributed by atoms with Gasteiger partial charge >= 0.3 is 0 Å². The van der Waals surface area contributed by atoms with Crippen molar-refractivity contribution in [3.8, 4) is 0 Å². The summed E-state index contributed by atoms with van der Waals surface area (Å²) in [5.41, 5.74) is -0.214. The van der Waals surface area contributed by atoms with Gasteiger partial charge < -0.3 is 15.4 Å². The van der Waals surface area contributed by atoms with E-state index in [1.165, 1.54) is 6.07 Å². The summed E-state index contributed by atoms with van der Waals surface area (Å²) in [5.74, 6) is 0.163. The van der Waals surface area contributed by atoms with Crippen LogP contribution in [0.2, 0.25) is 0 Å². The molecule has 0 aromatic carbocycles. The number of H-pyrrole nitrogens is 1. The van der Waals surface area contributed by atoms with Gasteiger partial charge in [0.1, 0.15) is 5.56 Å². The number of amides is 1. The van der Waals surface area contributed by atoms with Crippen molar-refractivity contribution in [2.24, 2.45) is 11.3 Å². The molecule has 0 atom stereocenters. The smallest absolute Gasteiger partial charge is 0.260 e. The van der Waals surface area contributed by atoms with E-state index in [1.807, 2.05) is 0 Å². The minimum atomic E-state index is -0.866. The van der Waals surface area contributed by atoms with E-state index >= 15 is 0 Å². The number of aromatic amines is 1.